The third kappa shape index (κ3) is 2.02. The van der Waals surface area contributed by atoms with Gasteiger partial charge in [0.15, 0.2) is 0 Å². The summed E-state index contributed by atoms with van der Waals surface area (Å²) < 4.78 is 0. The van der Waals surface area contributed by atoms with Gasteiger partial charge in [0.2, 0.25) is 0 Å². The Morgan fingerprint density at radius 2 is 1.76 bits per heavy atom. The van der Waals surface area contributed by atoms with Crippen LogP contribution < -0.4 is 0 Å². The average Bonchev–Trinajstić information content (AvgIpc) is 2.23. The lowest BCUT2D eigenvalue weighted by atomic mass is 9.98. The lowest BCUT2D eigenvalue weighted by Crippen LogP contribution is -1.99. The number of pyridine rings is 1. The summed E-state index contributed by atoms with van der Waals surface area (Å²) in [4.78, 5) is 4.65. The predicted octanol–water partition coefficient (Wildman–Crippen LogP) is 5.28. The first-order valence-electron chi connectivity index (χ1n) is 5.68. The minimum absolute atomic E-state index is 0.371. The van der Waals surface area contributed by atoms with Gasteiger partial charge in [-0.1, -0.05) is 37.0 Å². The third-order valence-electron chi connectivity index (χ3n) is 3.08. The highest BCUT2D eigenvalue weighted by molar-refractivity contribution is 6.37. The number of fused-ring (bicyclic) bond motifs is 1. The summed E-state index contributed by atoms with van der Waals surface area (Å²) in [6.45, 7) is 8.23. The maximum atomic E-state index is 6.48. The number of rotatable bonds is 1. The Bertz CT molecular complexity index is 589. The third-order valence-corrected chi connectivity index (χ3v) is 3.90. The van der Waals surface area contributed by atoms with E-state index in [4.69, 9.17) is 23.2 Å². The molecule has 0 aliphatic heterocycles. The summed E-state index contributed by atoms with van der Waals surface area (Å²) in [5.74, 6) is 0.371. The van der Waals surface area contributed by atoms with Crippen LogP contribution in [0.4, 0.5) is 0 Å². The maximum absolute atomic E-state index is 6.48. The zero-order valence-corrected chi connectivity index (χ0v) is 11.9. The molecule has 3 heteroatoms. The molecule has 1 nitrogen and oxygen atoms in total. The molecule has 0 saturated heterocycles. The zero-order valence-electron chi connectivity index (χ0n) is 10.4. The van der Waals surface area contributed by atoms with Crippen LogP contribution in [0.5, 0.6) is 0 Å². The topological polar surface area (TPSA) is 12.9 Å². The molecule has 1 aromatic heterocycles. The number of halogens is 2. The largest absolute Gasteiger partial charge is 0.252 e. The van der Waals surface area contributed by atoms with Crippen molar-refractivity contribution >= 4 is 34.1 Å². The van der Waals surface area contributed by atoms with Crippen LogP contribution in [0.2, 0.25) is 10.0 Å². The van der Waals surface area contributed by atoms with E-state index < -0.39 is 0 Å². The van der Waals surface area contributed by atoms with Gasteiger partial charge in [0, 0.05) is 16.1 Å². The number of benzene rings is 1. The molecule has 17 heavy (non-hydrogen) atoms. The fraction of sp³-hybridized carbons (Fsp3) is 0.357. The molecular formula is C14H15Cl2N. The first-order chi connectivity index (χ1) is 7.93. The number of aromatic nitrogens is 1. The van der Waals surface area contributed by atoms with Crippen LogP contribution in [0.3, 0.4) is 0 Å². The van der Waals surface area contributed by atoms with Gasteiger partial charge in [-0.3, -0.25) is 4.98 Å². The van der Waals surface area contributed by atoms with Crippen molar-refractivity contribution in [2.75, 3.05) is 0 Å². The Hall–Kier alpha value is -0.790. The van der Waals surface area contributed by atoms with Crippen molar-refractivity contribution in [3.05, 3.63) is 39.0 Å². The summed E-state index contributed by atoms with van der Waals surface area (Å²) in [6, 6.07) is 3.83. The molecule has 0 atom stereocenters. The fourth-order valence-corrected chi connectivity index (χ4v) is 2.86. The second kappa shape index (κ2) is 4.47. The molecule has 0 fully saturated rings. The van der Waals surface area contributed by atoms with Crippen LogP contribution in [-0.2, 0) is 0 Å². The smallest absolute Gasteiger partial charge is 0.0764 e. The van der Waals surface area contributed by atoms with Gasteiger partial charge in [-0.2, -0.15) is 0 Å². The van der Waals surface area contributed by atoms with E-state index in [1.54, 1.807) is 0 Å². The van der Waals surface area contributed by atoms with Crippen molar-refractivity contribution in [3.8, 4) is 0 Å². The molecule has 0 radical (unpaired) electrons. The molecule has 0 amide bonds. The Morgan fingerprint density at radius 3 is 2.35 bits per heavy atom. The highest BCUT2D eigenvalue weighted by Crippen LogP contribution is 2.35. The summed E-state index contributed by atoms with van der Waals surface area (Å²) in [5.41, 5.74) is 4.01. The van der Waals surface area contributed by atoms with Gasteiger partial charge < -0.3 is 0 Å². The van der Waals surface area contributed by atoms with Gasteiger partial charge in [0.1, 0.15) is 0 Å². The second-order valence-electron chi connectivity index (χ2n) is 4.65. The standard InChI is InChI=1S/C14H15Cl2N/c1-7(2)12-9(4)17-14-8(3)11(15)6-5-10(14)13(12)16/h5-7H,1-4H3. The van der Waals surface area contributed by atoms with Crippen molar-refractivity contribution in [2.45, 2.75) is 33.6 Å². The van der Waals surface area contributed by atoms with E-state index in [-0.39, 0.29) is 0 Å². The SMILES string of the molecule is Cc1nc2c(C)c(Cl)ccc2c(Cl)c1C(C)C. The number of nitrogens with zero attached hydrogens (tertiary/aromatic N) is 1. The summed E-state index contributed by atoms with van der Waals surface area (Å²) >= 11 is 12.6. The molecule has 0 bridgehead atoms. The van der Waals surface area contributed by atoms with Gasteiger partial charge in [0.25, 0.3) is 0 Å². The highest BCUT2D eigenvalue weighted by atomic mass is 35.5. The van der Waals surface area contributed by atoms with E-state index in [0.29, 0.717) is 5.92 Å². The maximum Gasteiger partial charge on any atom is 0.0764 e. The molecule has 1 aromatic carbocycles. The molecule has 0 aliphatic carbocycles. The van der Waals surface area contributed by atoms with Crippen molar-refractivity contribution in [1.29, 1.82) is 0 Å². The predicted molar refractivity (Wildman–Crippen MR) is 75.3 cm³/mol. The van der Waals surface area contributed by atoms with Crippen molar-refractivity contribution < 1.29 is 0 Å². The first-order valence-corrected chi connectivity index (χ1v) is 6.44. The monoisotopic (exact) mass is 267 g/mol. The van der Waals surface area contributed by atoms with Crippen LogP contribution >= 0.6 is 23.2 Å². The average molecular weight is 268 g/mol. The van der Waals surface area contributed by atoms with Gasteiger partial charge in [0.05, 0.1) is 10.5 Å². The van der Waals surface area contributed by atoms with E-state index in [1.807, 2.05) is 26.0 Å². The molecular weight excluding hydrogens is 253 g/mol. The van der Waals surface area contributed by atoms with Gasteiger partial charge in [-0.15, -0.1) is 0 Å². The van der Waals surface area contributed by atoms with Crippen LogP contribution in [0.25, 0.3) is 10.9 Å². The lowest BCUT2D eigenvalue weighted by molar-refractivity contribution is 0.848. The number of hydrogen-bond acceptors (Lipinski definition) is 1. The number of aryl methyl sites for hydroxylation is 2. The quantitative estimate of drug-likeness (QED) is 0.685. The molecule has 0 saturated carbocycles. The summed E-state index contributed by atoms with van der Waals surface area (Å²) in [7, 11) is 0. The highest BCUT2D eigenvalue weighted by Gasteiger charge is 2.15. The van der Waals surface area contributed by atoms with E-state index in [2.05, 4.69) is 18.8 Å². The first kappa shape index (κ1) is 12.7. The van der Waals surface area contributed by atoms with Crippen LogP contribution in [-0.4, -0.2) is 4.98 Å². The normalized spacial score (nSPS) is 11.5. The molecule has 0 unspecified atom stereocenters. The molecule has 90 valence electrons. The van der Waals surface area contributed by atoms with Gasteiger partial charge in [-0.05, 0) is 43.0 Å². The molecule has 0 spiro atoms. The van der Waals surface area contributed by atoms with Gasteiger partial charge in [-0.25, -0.2) is 0 Å². The van der Waals surface area contributed by atoms with Crippen molar-refractivity contribution in [2.24, 2.45) is 0 Å². The van der Waals surface area contributed by atoms with Crippen molar-refractivity contribution in [3.63, 3.8) is 0 Å². The van der Waals surface area contributed by atoms with E-state index in [9.17, 15) is 0 Å². The minimum Gasteiger partial charge on any atom is -0.252 e. The molecule has 2 aromatic rings. The van der Waals surface area contributed by atoms with Crippen LogP contribution in [0.1, 0.15) is 36.6 Å². The Kier molecular flexibility index (Phi) is 3.33. The number of hydrogen-bond donors (Lipinski definition) is 0. The molecule has 0 aliphatic rings. The molecule has 1 heterocycles. The van der Waals surface area contributed by atoms with Crippen LogP contribution in [0.15, 0.2) is 12.1 Å². The summed E-state index contributed by atoms with van der Waals surface area (Å²) in [6.07, 6.45) is 0. The Labute approximate surface area is 112 Å². The van der Waals surface area contributed by atoms with E-state index in [0.717, 1.165) is 37.8 Å². The second-order valence-corrected chi connectivity index (χ2v) is 5.43. The van der Waals surface area contributed by atoms with E-state index >= 15 is 0 Å². The molecule has 2 rings (SSSR count). The van der Waals surface area contributed by atoms with Crippen LogP contribution in [0, 0.1) is 13.8 Å². The molecule has 0 N–H and O–H groups in total. The lowest BCUT2D eigenvalue weighted by Gasteiger charge is -2.15. The van der Waals surface area contributed by atoms with Crippen molar-refractivity contribution in [1.82, 2.24) is 4.98 Å². The van der Waals surface area contributed by atoms with E-state index in [1.165, 1.54) is 0 Å². The fourth-order valence-electron chi connectivity index (χ4n) is 2.20. The Morgan fingerprint density at radius 1 is 1.12 bits per heavy atom. The summed E-state index contributed by atoms with van der Waals surface area (Å²) in [5, 5.41) is 2.53. The minimum atomic E-state index is 0.371. The zero-order chi connectivity index (χ0) is 12.7. The Balaban J connectivity index is 2.91. The van der Waals surface area contributed by atoms with Gasteiger partial charge >= 0.3 is 0 Å².